The molecule has 0 spiro atoms. The number of carbonyl (C=O) groups excluding carboxylic acids is 4. The van der Waals surface area contributed by atoms with E-state index in [1.165, 1.54) is 19.3 Å². The SMILES string of the molecule is C=CCNC1=C2NC(=O)/C(C)=C\C=C\[C@H](C)[C@@H](OC(N)=O)/C(C)=C/[C@H](C)[C@@H](OC)[C@@H](OC)C[C@H](C)[C@@H](OC)C(=CC1=O)C2=O. The molecule has 242 valence electrons. The molecule has 0 saturated carbocycles. The van der Waals surface area contributed by atoms with E-state index < -0.39 is 48.0 Å². The van der Waals surface area contributed by atoms with Crippen molar-refractivity contribution in [1.82, 2.24) is 10.6 Å². The highest BCUT2D eigenvalue weighted by molar-refractivity contribution is 6.24. The second-order valence-corrected chi connectivity index (χ2v) is 11.2. The highest BCUT2D eigenvalue weighted by atomic mass is 16.6. The first-order valence-electron chi connectivity index (χ1n) is 14.6. The normalized spacial score (nSPS) is 32.4. The van der Waals surface area contributed by atoms with Gasteiger partial charge in [-0.2, -0.15) is 0 Å². The van der Waals surface area contributed by atoms with E-state index in [2.05, 4.69) is 17.2 Å². The Kier molecular flexibility index (Phi) is 14.0. The van der Waals surface area contributed by atoms with E-state index in [0.29, 0.717) is 6.42 Å². The fraction of sp³-hybridized carbons (Fsp3) is 0.515. The molecule has 2 bridgehead atoms. The minimum absolute atomic E-state index is 0.0339. The number of primary amides is 1. The van der Waals surface area contributed by atoms with Gasteiger partial charge in [-0.15, -0.1) is 6.58 Å². The molecule has 1 aliphatic carbocycles. The van der Waals surface area contributed by atoms with Gasteiger partial charge in [0.05, 0.1) is 18.3 Å². The van der Waals surface area contributed by atoms with Crippen molar-refractivity contribution in [2.75, 3.05) is 27.9 Å². The lowest BCUT2D eigenvalue weighted by atomic mass is 9.83. The van der Waals surface area contributed by atoms with Gasteiger partial charge in [0.15, 0.2) is 0 Å². The zero-order chi connectivity index (χ0) is 33.1. The van der Waals surface area contributed by atoms with Crippen molar-refractivity contribution in [3.8, 4) is 0 Å². The summed E-state index contributed by atoms with van der Waals surface area (Å²) in [5.41, 5.74) is 6.36. The number of hydrogen-bond acceptors (Lipinski definition) is 9. The first-order valence-corrected chi connectivity index (χ1v) is 14.6. The Labute approximate surface area is 260 Å². The molecule has 2 rings (SSSR count). The molecular weight excluding hydrogens is 566 g/mol. The number of ether oxygens (including phenoxy) is 4. The Morgan fingerprint density at radius 3 is 2.32 bits per heavy atom. The second kappa shape index (κ2) is 16.9. The number of nitrogens with two attached hydrogens (primary N) is 1. The van der Waals surface area contributed by atoms with Gasteiger partial charge in [0.1, 0.15) is 17.5 Å². The van der Waals surface area contributed by atoms with Gasteiger partial charge in [-0.25, -0.2) is 4.79 Å². The van der Waals surface area contributed by atoms with Crippen LogP contribution < -0.4 is 16.4 Å². The zero-order valence-corrected chi connectivity index (χ0v) is 27.0. The molecule has 0 unspecified atom stereocenters. The predicted octanol–water partition coefficient (Wildman–Crippen LogP) is 3.44. The van der Waals surface area contributed by atoms with E-state index in [-0.39, 0.29) is 46.8 Å². The van der Waals surface area contributed by atoms with E-state index in [1.807, 2.05) is 33.8 Å². The van der Waals surface area contributed by atoms with Crippen LogP contribution >= 0.6 is 0 Å². The number of fused-ring (bicyclic) bond motifs is 2. The van der Waals surface area contributed by atoms with Crippen molar-refractivity contribution < 1.29 is 38.1 Å². The third-order valence-electron chi connectivity index (χ3n) is 7.89. The van der Waals surface area contributed by atoms with Crippen molar-refractivity contribution in [2.24, 2.45) is 23.5 Å². The van der Waals surface area contributed by atoms with Crippen LogP contribution in [-0.2, 0) is 33.3 Å². The number of hydrogen-bond donors (Lipinski definition) is 3. The molecule has 0 aromatic rings. The fourth-order valence-corrected chi connectivity index (χ4v) is 5.67. The van der Waals surface area contributed by atoms with Gasteiger partial charge in [0.25, 0.3) is 5.91 Å². The summed E-state index contributed by atoms with van der Waals surface area (Å²) < 4.78 is 23.1. The molecule has 0 aromatic carbocycles. The number of carbonyl (C=O) groups is 4. The van der Waals surface area contributed by atoms with Crippen LogP contribution in [0.25, 0.3) is 0 Å². The van der Waals surface area contributed by atoms with E-state index in [4.69, 9.17) is 24.7 Å². The molecule has 4 N–H and O–H groups in total. The molecule has 0 radical (unpaired) electrons. The minimum Gasteiger partial charge on any atom is -0.441 e. The lowest BCUT2D eigenvalue weighted by Gasteiger charge is -2.34. The summed E-state index contributed by atoms with van der Waals surface area (Å²) in [5, 5.41) is 5.53. The van der Waals surface area contributed by atoms with E-state index in [9.17, 15) is 19.2 Å². The number of allylic oxidation sites excluding steroid dienone is 4. The topological polar surface area (TPSA) is 155 Å². The van der Waals surface area contributed by atoms with E-state index in [0.717, 1.165) is 5.57 Å². The Morgan fingerprint density at radius 1 is 1.07 bits per heavy atom. The van der Waals surface area contributed by atoms with Gasteiger partial charge >= 0.3 is 6.09 Å². The average molecular weight is 614 g/mol. The van der Waals surface area contributed by atoms with Crippen LogP contribution in [0, 0.1) is 17.8 Å². The Morgan fingerprint density at radius 2 is 1.75 bits per heavy atom. The summed E-state index contributed by atoms with van der Waals surface area (Å²) in [6.45, 7) is 13.0. The molecule has 0 fully saturated rings. The molecule has 0 saturated heterocycles. The maximum absolute atomic E-state index is 13.9. The number of nitrogens with one attached hydrogen (secondary N) is 2. The molecule has 0 aromatic heterocycles. The fourth-order valence-electron chi connectivity index (χ4n) is 5.67. The van der Waals surface area contributed by atoms with E-state index >= 15 is 0 Å². The second-order valence-electron chi connectivity index (χ2n) is 11.2. The molecule has 1 heterocycles. The number of methoxy groups -OCH3 is 3. The van der Waals surface area contributed by atoms with Gasteiger partial charge in [0, 0.05) is 50.9 Å². The molecular formula is C33H47N3O8. The maximum atomic E-state index is 13.9. The summed E-state index contributed by atoms with van der Waals surface area (Å²) in [7, 11) is 4.63. The molecule has 11 heteroatoms. The number of ketones is 2. The van der Waals surface area contributed by atoms with Crippen LogP contribution in [-0.4, -0.2) is 75.9 Å². The average Bonchev–Trinajstić information content (AvgIpc) is 2.97. The van der Waals surface area contributed by atoms with Crippen LogP contribution in [0.1, 0.15) is 41.0 Å². The summed E-state index contributed by atoms with van der Waals surface area (Å²) in [5.74, 6) is -2.40. The first-order chi connectivity index (χ1) is 20.8. The van der Waals surface area contributed by atoms with Crippen LogP contribution in [0.2, 0.25) is 0 Å². The maximum Gasteiger partial charge on any atom is 0.405 e. The Bertz CT molecular complexity index is 1260. The molecule has 11 nitrogen and oxygen atoms in total. The van der Waals surface area contributed by atoms with Crippen LogP contribution in [0.3, 0.4) is 0 Å². The third-order valence-corrected chi connectivity index (χ3v) is 7.89. The van der Waals surface area contributed by atoms with Crippen molar-refractivity contribution >= 4 is 23.6 Å². The molecule has 2 aliphatic rings. The predicted molar refractivity (Wildman–Crippen MR) is 167 cm³/mol. The van der Waals surface area contributed by atoms with Gasteiger partial charge in [-0.3, -0.25) is 14.4 Å². The lowest BCUT2D eigenvalue weighted by Crippen LogP contribution is -2.42. The first kappa shape index (κ1) is 36.4. The molecule has 1 aliphatic heterocycles. The van der Waals surface area contributed by atoms with Crippen molar-refractivity contribution in [3.63, 3.8) is 0 Å². The van der Waals surface area contributed by atoms with Crippen molar-refractivity contribution in [1.29, 1.82) is 0 Å². The standard InChI is InChI=1S/C33H47N3O8/c1-10-14-35-26-24(37)17-23-28(38)27(26)36-32(39)19(3)13-11-12-18(2)29(44-33(34)40)20(4)15-21(5)31(43-9)25(41-7)16-22(6)30(23)42-8/h10-13,15,17-18,21-22,25,29-31,35H,1,14,16H2,2-9H3,(H2,34,40)(H,36,39)/b12-11+,19-13-,20-15+/t18-,21-,22-,25-,29+,30+,31+/m0/s1. The Balaban J connectivity index is 2.72. The minimum atomic E-state index is -0.911. The van der Waals surface area contributed by atoms with Crippen LogP contribution in [0.5, 0.6) is 0 Å². The van der Waals surface area contributed by atoms with Crippen LogP contribution in [0.15, 0.2) is 71.1 Å². The van der Waals surface area contributed by atoms with Gasteiger partial charge in [-0.05, 0) is 37.8 Å². The lowest BCUT2D eigenvalue weighted by molar-refractivity contribution is -0.121. The highest BCUT2D eigenvalue weighted by Crippen LogP contribution is 2.31. The summed E-state index contributed by atoms with van der Waals surface area (Å²) in [6.07, 6.45) is 6.91. The third kappa shape index (κ3) is 9.10. The Hall–Kier alpha value is -3.80. The molecule has 2 amide bonds. The summed E-state index contributed by atoms with van der Waals surface area (Å²) in [4.78, 5) is 52.2. The largest absolute Gasteiger partial charge is 0.441 e. The van der Waals surface area contributed by atoms with Crippen molar-refractivity contribution in [3.05, 3.63) is 71.1 Å². The summed E-state index contributed by atoms with van der Waals surface area (Å²) >= 11 is 0. The number of rotatable bonds is 7. The van der Waals surface area contributed by atoms with Crippen molar-refractivity contribution in [2.45, 2.75) is 65.5 Å². The summed E-state index contributed by atoms with van der Waals surface area (Å²) in [6, 6.07) is 0. The highest BCUT2D eigenvalue weighted by Gasteiger charge is 2.38. The van der Waals surface area contributed by atoms with Gasteiger partial charge in [-0.1, -0.05) is 51.2 Å². The van der Waals surface area contributed by atoms with Crippen LogP contribution in [0.4, 0.5) is 4.79 Å². The van der Waals surface area contributed by atoms with Gasteiger partial charge < -0.3 is 35.3 Å². The van der Waals surface area contributed by atoms with E-state index in [1.54, 1.807) is 39.4 Å². The van der Waals surface area contributed by atoms with Gasteiger partial charge in [0.2, 0.25) is 11.6 Å². The number of amides is 2. The molecule has 44 heavy (non-hydrogen) atoms. The number of Topliss-reactive ketones (excluding diaryl/α,β-unsaturated/α-hetero) is 1. The molecule has 7 atom stereocenters. The monoisotopic (exact) mass is 613 g/mol. The zero-order valence-electron chi connectivity index (χ0n) is 27.0. The smallest absolute Gasteiger partial charge is 0.405 e. The quantitative estimate of drug-likeness (QED) is 0.289.